The van der Waals surface area contributed by atoms with Crippen molar-refractivity contribution in [3.8, 4) is 17.2 Å². The van der Waals surface area contributed by atoms with Crippen LogP contribution >= 0.6 is 0 Å². The molecule has 1 aromatic carbocycles. The number of piperazine rings is 1. The fourth-order valence-corrected chi connectivity index (χ4v) is 2.83. The number of carbonyl (C=O) groups is 2. The summed E-state index contributed by atoms with van der Waals surface area (Å²) in [5.74, 6) is 1.46. The van der Waals surface area contributed by atoms with Gasteiger partial charge in [0.2, 0.25) is 11.7 Å². The van der Waals surface area contributed by atoms with Gasteiger partial charge < -0.3 is 34.1 Å². The van der Waals surface area contributed by atoms with Crippen LogP contribution in [0.5, 0.6) is 17.2 Å². The normalized spacial score (nSPS) is 13.8. The Balaban J connectivity index is 1.92. The Morgan fingerprint density at radius 2 is 1.52 bits per heavy atom. The van der Waals surface area contributed by atoms with Gasteiger partial charge in [-0.2, -0.15) is 0 Å². The van der Waals surface area contributed by atoms with Crippen LogP contribution in [-0.2, 0) is 9.53 Å². The lowest BCUT2D eigenvalue weighted by molar-refractivity contribution is -0.130. The molecule has 0 radical (unpaired) electrons. The van der Waals surface area contributed by atoms with Gasteiger partial charge in [0.05, 0.1) is 34.5 Å². The molecule has 1 aliphatic heterocycles. The maximum Gasteiger partial charge on any atom is 0.409 e. The first-order chi connectivity index (χ1) is 13.0. The summed E-state index contributed by atoms with van der Waals surface area (Å²) in [5.41, 5.74) is 0.683. The Kier molecular flexibility index (Phi) is 7.39. The van der Waals surface area contributed by atoms with Crippen molar-refractivity contribution in [1.82, 2.24) is 9.80 Å². The highest BCUT2D eigenvalue weighted by molar-refractivity contribution is 5.81. The molecule has 0 saturated carbocycles. The molecule has 1 heterocycles. The van der Waals surface area contributed by atoms with E-state index < -0.39 is 0 Å². The van der Waals surface area contributed by atoms with E-state index in [0.29, 0.717) is 55.7 Å². The monoisotopic (exact) mass is 381 g/mol. The summed E-state index contributed by atoms with van der Waals surface area (Å²) in [6.07, 6.45) is -0.333. The number of carbonyl (C=O) groups excluding carboxylic acids is 2. The second-order valence-electron chi connectivity index (χ2n) is 5.83. The minimum absolute atomic E-state index is 0.0488. The van der Waals surface area contributed by atoms with Gasteiger partial charge in [0.1, 0.15) is 0 Å². The predicted molar refractivity (Wildman–Crippen MR) is 99.8 cm³/mol. The number of ether oxygens (including phenoxy) is 4. The molecule has 9 nitrogen and oxygen atoms in total. The van der Waals surface area contributed by atoms with E-state index >= 15 is 0 Å². The summed E-state index contributed by atoms with van der Waals surface area (Å²) >= 11 is 0. The molecule has 0 unspecified atom stereocenters. The number of hydrogen-bond donors (Lipinski definition) is 1. The molecule has 0 aliphatic carbocycles. The lowest BCUT2D eigenvalue weighted by atomic mass is 10.2. The van der Waals surface area contributed by atoms with Crippen molar-refractivity contribution < 1.29 is 28.5 Å². The minimum atomic E-state index is -0.333. The number of anilines is 1. The predicted octanol–water partition coefficient (Wildman–Crippen LogP) is 1.42. The Bertz CT molecular complexity index is 633. The van der Waals surface area contributed by atoms with E-state index in [2.05, 4.69) is 5.32 Å². The first kappa shape index (κ1) is 20.5. The molecule has 1 fully saturated rings. The molecule has 0 bridgehead atoms. The van der Waals surface area contributed by atoms with E-state index in [1.807, 2.05) is 0 Å². The summed E-state index contributed by atoms with van der Waals surface area (Å²) in [4.78, 5) is 27.5. The Morgan fingerprint density at radius 3 is 2.00 bits per heavy atom. The lowest BCUT2D eigenvalue weighted by Crippen LogP contribution is -2.51. The SMILES string of the molecule is CCOC(=O)N1CCN(C(=O)CNc2cc(OC)c(OC)c(OC)c2)CC1. The first-order valence-corrected chi connectivity index (χ1v) is 8.77. The van der Waals surface area contributed by atoms with E-state index in [1.165, 1.54) is 21.3 Å². The number of nitrogens with zero attached hydrogens (tertiary/aromatic N) is 2. The summed E-state index contributed by atoms with van der Waals surface area (Å²) in [6, 6.07) is 3.49. The molecule has 0 aromatic heterocycles. The van der Waals surface area contributed by atoms with E-state index in [9.17, 15) is 9.59 Å². The molecule has 2 rings (SSSR count). The number of methoxy groups -OCH3 is 3. The van der Waals surface area contributed by atoms with Crippen LogP contribution in [0.15, 0.2) is 12.1 Å². The molecular weight excluding hydrogens is 354 g/mol. The van der Waals surface area contributed by atoms with Crippen LogP contribution in [0, 0.1) is 0 Å². The van der Waals surface area contributed by atoms with Gasteiger partial charge in [-0.25, -0.2) is 4.79 Å². The average Bonchev–Trinajstić information content (AvgIpc) is 2.71. The fraction of sp³-hybridized carbons (Fsp3) is 0.556. The molecule has 1 N–H and O–H groups in total. The summed E-state index contributed by atoms with van der Waals surface area (Å²) < 4.78 is 20.9. The number of benzene rings is 1. The van der Waals surface area contributed by atoms with E-state index in [-0.39, 0.29) is 18.5 Å². The van der Waals surface area contributed by atoms with Crippen molar-refractivity contribution in [3.05, 3.63) is 12.1 Å². The molecule has 1 aromatic rings. The molecule has 2 amide bonds. The highest BCUT2D eigenvalue weighted by atomic mass is 16.6. The summed E-state index contributed by atoms with van der Waals surface area (Å²) in [7, 11) is 4.61. The Hall–Kier alpha value is -2.84. The summed E-state index contributed by atoms with van der Waals surface area (Å²) in [6.45, 7) is 4.13. The van der Waals surface area contributed by atoms with Gasteiger partial charge in [0.25, 0.3) is 0 Å². The van der Waals surface area contributed by atoms with E-state index in [4.69, 9.17) is 18.9 Å². The molecular formula is C18H27N3O6. The van der Waals surface area contributed by atoms with Crippen LogP contribution in [0.4, 0.5) is 10.5 Å². The van der Waals surface area contributed by atoms with Crippen LogP contribution in [0.3, 0.4) is 0 Å². The maximum atomic E-state index is 12.4. The van der Waals surface area contributed by atoms with Crippen LogP contribution in [0.25, 0.3) is 0 Å². The first-order valence-electron chi connectivity index (χ1n) is 8.77. The van der Waals surface area contributed by atoms with Crippen molar-refractivity contribution in [2.24, 2.45) is 0 Å². The van der Waals surface area contributed by atoms with Crippen molar-refractivity contribution in [3.63, 3.8) is 0 Å². The third-order valence-electron chi connectivity index (χ3n) is 4.27. The minimum Gasteiger partial charge on any atom is -0.493 e. The Labute approximate surface area is 159 Å². The van der Waals surface area contributed by atoms with Crippen molar-refractivity contribution >= 4 is 17.7 Å². The number of amides is 2. The van der Waals surface area contributed by atoms with Crippen molar-refractivity contribution in [2.75, 3.05) is 66.0 Å². The largest absolute Gasteiger partial charge is 0.493 e. The molecule has 27 heavy (non-hydrogen) atoms. The van der Waals surface area contributed by atoms with E-state index in [1.54, 1.807) is 28.9 Å². The zero-order valence-corrected chi connectivity index (χ0v) is 16.2. The third kappa shape index (κ3) is 5.08. The average molecular weight is 381 g/mol. The second-order valence-corrected chi connectivity index (χ2v) is 5.83. The summed E-state index contributed by atoms with van der Waals surface area (Å²) in [5, 5.41) is 3.08. The van der Waals surface area contributed by atoms with Gasteiger partial charge in [-0.3, -0.25) is 4.79 Å². The Morgan fingerprint density at radius 1 is 0.963 bits per heavy atom. The second kappa shape index (κ2) is 9.75. The quantitative estimate of drug-likeness (QED) is 0.764. The maximum absolute atomic E-state index is 12.4. The van der Waals surface area contributed by atoms with Crippen molar-refractivity contribution in [1.29, 1.82) is 0 Å². The van der Waals surface area contributed by atoms with Crippen molar-refractivity contribution in [2.45, 2.75) is 6.92 Å². The zero-order chi connectivity index (χ0) is 19.8. The molecule has 0 spiro atoms. The topological polar surface area (TPSA) is 89.6 Å². The van der Waals surface area contributed by atoms with E-state index in [0.717, 1.165) is 0 Å². The van der Waals surface area contributed by atoms with Crippen LogP contribution in [-0.4, -0.2) is 82.5 Å². The number of hydrogen-bond acceptors (Lipinski definition) is 7. The highest BCUT2D eigenvalue weighted by Crippen LogP contribution is 2.39. The van der Waals surface area contributed by atoms with Gasteiger partial charge in [-0.1, -0.05) is 0 Å². The lowest BCUT2D eigenvalue weighted by Gasteiger charge is -2.34. The standard InChI is InChI=1S/C18H27N3O6/c1-5-27-18(23)21-8-6-20(7-9-21)16(22)12-19-13-10-14(24-2)17(26-4)15(11-13)25-3/h10-11,19H,5-9,12H2,1-4H3. The molecule has 9 heteroatoms. The zero-order valence-electron chi connectivity index (χ0n) is 16.2. The molecule has 1 saturated heterocycles. The molecule has 150 valence electrons. The fourth-order valence-electron chi connectivity index (χ4n) is 2.83. The van der Waals surface area contributed by atoms with Gasteiger partial charge in [-0.05, 0) is 6.92 Å². The number of rotatable bonds is 7. The van der Waals surface area contributed by atoms with Gasteiger partial charge in [-0.15, -0.1) is 0 Å². The molecule has 1 aliphatic rings. The number of nitrogens with one attached hydrogen (secondary N) is 1. The smallest absolute Gasteiger partial charge is 0.409 e. The van der Waals surface area contributed by atoms with Crippen LogP contribution in [0.1, 0.15) is 6.92 Å². The van der Waals surface area contributed by atoms with Crippen LogP contribution in [0.2, 0.25) is 0 Å². The third-order valence-corrected chi connectivity index (χ3v) is 4.27. The van der Waals surface area contributed by atoms with Crippen LogP contribution < -0.4 is 19.5 Å². The highest BCUT2D eigenvalue weighted by Gasteiger charge is 2.24. The van der Waals surface area contributed by atoms with Gasteiger partial charge in [0.15, 0.2) is 11.5 Å². The molecule has 0 atom stereocenters. The van der Waals surface area contributed by atoms with Gasteiger partial charge in [0, 0.05) is 44.0 Å². The van der Waals surface area contributed by atoms with Gasteiger partial charge >= 0.3 is 6.09 Å².